The normalized spacial score (nSPS) is 24.9. The Morgan fingerprint density at radius 3 is 2.62 bits per heavy atom. The lowest BCUT2D eigenvalue weighted by molar-refractivity contribution is -0.134. The van der Waals surface area contributed by atoms with Gasteiger partial charge in [0, 0.05) is 10.6 Å². The molecule has 1 heterocycles. The smallest absolute Gasteiger partial charge is 0.219 e. The molecule has 0 saturated heterocycles. The predicted molar refractivity (Wildman–Crippen MR) is 92.8 cm³/mol. The number of carbonyl (C=O) groups excluding carboxylic acids is 2. The van der Waals surface area contributed by atoms with Crippen LogP contribution < -0.4 is 11.5 Å². The van der Waals surface area contributed by atoms with Crippen molar-refractivity contribution >= 4 is 29.2 Å². The van der Waals surface area contributed by atoms with Gasteiger partial charge in [-0.25, -0.2) is 4.99 Å². The minimum atomic E-state index is -1.16. The molecule has 1 aliphatic heterocycles. The van der Waals surface area contributed by atoms with Crippen LogP contribution in [0.4, 0.5) is 0 Å². The first kappa shape index (κ1) is 18.4. The Balaban J connectivity index is 2.59. The summed E-state index contributed by atoms with van der Waals surface area (Å²) < 4.78 is 5.65. The number of Topliss-reactive ketones (excluding diaryl/α,β-unsaturated/α-hetero) is 1. The van der Waals surface area contributed by atoms with Gasteiger partial charge in [0.25, 0.3) is 0 Å². The number of benzene rings is 1. The number of ether oxygens (including phenoxy) is 1. The number of nitrogens with two attached hydrogens (primary N) is 2. The SMILES string of the molecule is CCC1OC([C@@H](N)CC(N)=O)=NC(CC)(c2ccccc2Cl)C1=O. The molecule has 0 bridgehead atoms. The Hall–Kier alpha value is -1.92. The van der Waals surface area contributed by atoms with Gasteiger partial charge >= 0.3 is 0 Å². The average molecular weight is 352 g/mol. The zero-order chi connectivity index (χ0) is 17.9. The number of hydrogen-bond acceptors (Lipinski definition) is 5. The number of carbonyl (C=O) groups is 2. The van der Waals surface area contributed by atoms with E-state index in [1.165, 1.54) is 0 Å². The van der Waals surface area contributed by atoms with E-state index in [1.54, 1.807) is 24.3 Å². The van der Waals surface area contributed by atoms with Crippen LogP contribution in [-0.2, 0) is 19.9 Å². The van der Waals surface area contributed by atoms with Gasteiger partial charge in [-0.3, -0.25) is 9.59 Å². The first-order chi connectivity index (χ1) is 11.4. The number of amides is 1. The van der Waals surface area contributed by atoms with Crippen LogP contribution in [0.25, 0.3) is 0 Å². The number of halogens is 1. The molecular formula is C17H22ClN3O3. The number of rotatable bonds is 6. The van der Waals surface area contributed by atoms with Gasteiger partial charge in [0.1, 0.15) is 0 Å². The highest BCUT2D eigenvalue weighted by Crippen LogP contribution is 2.40. The topological polar surface area (TPSA) is 108 Å². The van der Waals surface area contributed by atoms with Gasteiger partial charge in [0.15, 0.2) is 11.6 Å². The minimum Gasteiger partial charge on any atom is -0.468 e. The number of primary amides is 1. The van der Waals surface area contributed by atoms with Gasteiger partial charge in [0.05, 0.1) is 12.5 Å². The number of hydrogen-bond donors (Lipinski definition) is 2. The Morgan fingerprint density at radius 1 is 1.42 bits per heavy atom. The molecule has 2 rings (SSSR count). The van der Waals surface area contributed by atoms with Crippen LogP contribution in [0.1, 0.15) is 38.7 Å². The maximum absolute atomic E-state index is 13.0. The largest absolute Gasteiger partial charge is 0.468 e. The van der Waals surface area contributed by atoms with Crippen LogP contribution in [-0.4, -0.2) is 29.7 Å². The van der Waals surface area contributed by atoms with Crippen molar-refractivity contribution in [2.24, 2.45) is 16.5 Å². The van der Waals surface area contributed by atoms with E-state index in [0.717, 1.165) is 0 Å². The fourth-order valence-electron chi connectivity index (χ4n) is 2.91. The molecule has 24 heavy (non-hydrogen) atoms. The summed E-state index contributed by atoms with van der Waals surface area (Å²) in [5.74, 6) is -0.545. The number of ketones is 1. The van der Waals surface area contributed by atoms with Crippen molar-refractivity contribution in [1.29, 1.82) is 0 Å². The first-order valence-corrected chi connectivity index (χ1v) is 8.33. The third-order valence-electron chi connectivity index (χ3n) is 4.20. The van der Waals surface area contributed by atoms with Gasteiger partial charge in [-0.05, 0) is 18.9 Å². The molecule has 1 aromatic rings. The van der Waals surface area contributed by atoms with E-state index in [9.17, 15) is 9.59 Å². The van der Waals surface area contributed by atoms with Gasteiger partial charge in [-0.15, -0.1) is 0 Å². The quantitative estimate of drug-likeness (QED) is 0.816. The van der Waals surface area contributed by atoms with Crippen LogP contribution in [0.3, 0.4) is 0 Å². The zero-order valence-corrected chi connectivity index (χ0v) is 14.5. The average Bonchev–Trinajstić information content (AvgIpc) is 2.55. The van der Waals surface area contributed by atoms with E-state index in [-0.39, 0.29) is 18.1 Å². The molecule has 6 nitrogen and oxygen atoms in total. The molecule has 0 radical (unpaired) electrons. The van der Waals surface area contributed by atoms with Gasteiger partial charge < -0.3 is 16.2 Å². The summed E-state index contributed by atoms with van der Waals surface area (Å²) in [6.45, 7) is 3.71. The van der Waals surface area contributed by atoms with Gasteiger partial charge in [-0.2, -0.15) is 0 Å². The number of nitrogens with zero attached hydrogens (tertiary/aromatic N) is 1. The highest BCUT2D eigenvalue weighted by Gasteiger charge is 2.48. The lowest BCUT2D eigenvalue weighted by Crippen LogP contribution is -2.51. The maximum atomic E-state index is 13.0. The summed E-state index contributed by atoms with van der Waals surface area (Å²) in [7, 11) is 0. The van der Waals surface area contributed by atoms with Crippen molar-refractivity contribution in [1.82, 2.24) is 0 Å². The second-order valence-corrected chi connectivity index (χ2v) is 6.21. The zero-order valence-electron chi connectivity index (χ0n) is 13.8. The van der Waals surface area contributed by atoms with Crippen LogP contribution >= 0.6 is 11.6 Å². The molecule has 0 fully saturated rings. The Labute approximate surface area is 146 Å². The number of aliphatic imine (C=N–C) groups is 1. The van der Waals surface area contributed by atoms with Crippen molar-refractivity contribution in [3.63, 3.8) is 0 Å². The molecule has 4 N–H and O–H groups in total. The summed E-state index contributed by atoms with van der Waals surface area (Å²) in [5.41, 5.74) is 10.7. The Kier molecular flexibility index (Phi) is 5.62. The Morgan fingerprint density at radius 2 is 2.08 bits per heavy atom. The van der Waals surface area contributed by atoms with Crippen molar-refractivity contribution in [3.8, 4) is 0 Å². The molecule has 0 spiro atoms. The molecule has 1 aromatic carbocycles. The highest BCUT2D eigenvalue weighted by atomic mass is 35.5. The second-order valence-electron chi connectivity index (χ2n) is 5.80. The molecule has 3 atom stereocenters. The molecule has 0 aromatic heterocycles. The summed E-state index contributed by atoms with van der Waals surface area (Å²) in [6, 6.07) is 6.30. The van der Waals surface area contributed by atoms with E-state index in [4.69, 9.17) is 27.8 Å². The minimum absolute atomic E-state index is 0.105. The molecule has 0 aliphatic carbocycles. The van der Waals surface area contributed by atoms with Gasteiger partial charge in [0.2, 0.25) is 17.6 Å². The molecule has 1 amide bonds. The second kappa shape index (κ2) is 7.32. The van der Waals surface area contributed by atoms with E-state index in [1.807, 2.05) is 13.8 Å². The molecule has 130 valence electrons. The van der Waals surface area contributed by atoms with Crippen molar-refractivity contribution in [3.05, 3.63) is 34.9 Å². The lowest BCUT2D eigenvalue weighted by atomic mass is 9.80. The molecule has 7 heteroatoms. The van der Waals surface area contributed by atoms with Crippen LogP contribution in [0.15, 0.2) is 29.3 Å². The van der Waals surface area contributed by atoms with Crippen LogP contribution in [0.2, 0.25) is 5.02 Å². The third-order valence-corrected chi connectivity index (χ3v) is 4.53. The monoisotopic (exact) mass is 351 g/mol. The molecule has 0 saturated carbocycles. The van der Waals surface area contributed by atoms with E-state index in [0.29, 0.717) is 23.4 Å². The molecular weight excluding hydrogens is 330 g/mol. The predicted octanol–water partition coefficient (Wildman–Crippen LogP) is 1.92. The highest BCUT2D eigenvalue weighted by molar-refractivity contribution is 6.32. The summed E-state index contributed by atoms with van der Waals surface area (Å²) in [4.78, 5) is 28.7. The van der Waals surface area contributed by atoms with E-state index >= 15 is 0 Å². The van der Waals surface area contributed by atoms with Crippen LogP contribution in [0, 0.1) is 0 Å². The van der Waals surface area contributed by atoms with E-state index < -0.39 is 23.6 Å². The summed E-state index contributed by atoms with van der Waals surface area (Å²) in [5, 5.41) is 0.455. The summed E-state index contributed by atoms with van der Waals surface area (Å²) in [6.07, 6.45) is 0.0779. The van der Waals surface area contributed by atoms with Crippen molar-refractivity contribution in [2.75, 3.05) is 0 Å². The van der Waals surface area contributed by atoms with Crippen molar-refractivity contribution < 1.29 is 14.3 Å². The molecule has 2 unspecified atom stereocenters. The third kappa shape index (κ3) is 3.30. The van der Waals surface area contributed by atoms with Crippen LogP contribution in [0.5, 0.6) is 0 Å². The van der Waals surface area contributed by atoms with Crippen molar-refractivity contribution in [2.45, 2.75) is 50.8 Å². The fourth-order valence-corrected chi connectivity index (χ4v) is 3.20. The Bertz CT molecular complexity index is 677. The van der Waals surface area contributed by atoms with Gasteiger partial charge in [-0.1, -0.05) is 43.6 Å². The fraction of sp³-hybridized carbons (Fsp3) is 0.471. The summed E-state index contributed by atoms with van der Waals surface area (Å²) >= 11 is 6.33. The standard InChI is InChI=1S/C17H22ClN3O3/c1-3-13-15(23)17(4-2,10-7-5-6-8-11(10)18)21-16(24-13)12(19)9-14(20)22/h5-8,12-13H,3-4,9,19H2,1-2H3,(H2,20,22)/t12-,13?,17?/m0/s1. The first-order valence-electron chi connectivity index (χ1n) is 7.95. The lowest BCUT2D eigenvalue weighted by Gasteiger charge is -2.38. The molecule has 1 aliphatic rings. The maximum Gasteiger partial charge on any atom is 0.219 e. The van der Waals surface area contributed by atoms with E-state index in [2.05, 4.69) is 4.99 Å².